The molecule has 0 unspecified atom stereocenters. The molecule has 0 aliphatic heterocycles. The molecule has 3 rings (SSSR count). The molecule has 0 aliphatic carbocycles. The van der Waals surface area contributed by atoms with E-state index in [0.29, 0.717) is 0 Å². The van der Waals surface area contributed by atoms with E-state index in [4.69, 9.17) is 4.74 Å². The van der Waals surface area contributed by atoms with Crippen LogP contribution >= 0.6 is 29.9 Å². The number of amides is 1. The number of hydrogen-bond donors (Lipinski definition) is 0. The molecule has 5 heteroatoms. The monoisotopic (exact) mass is 586 g/mol. The fourth-order valence-corrected chi connectivity index (χ4v) is 8.86. The number of ether oxygens (including phenoxy) is 1. The van der Waals surface area contributed by atoms with Crippen molar-refractivity contribution in [3.63, 3.8) is 0 Å². The van der Waals surface area contributed by atoms with Gasteiger partial charge in [0.1, 0.15) is 28.8 Å². The molecule has 0 aliphatic rings. The summed E-state index contributed by atoms with van der Waals surface area (Å²) in [6.07, 6.45) is 4.77. The Balaban J connectivity index is 1.88. The third-order valence-electron chi connectivity index (χ3n) is 5.59. The van der Waals surface area contributed by atoms with Crippen LogP contribution in [-0.4, -0.2) is 29.8 Å². The molecule has 0 aromatic heterocycles. The van der Waals surface area contributed by atoms with Crippen LogP contribution in [0.1, 0.15) is 33.6 Å². The van der Waals surface area contributed by atoms with Crippen LogP contribution in [0.2, 0.25) is 0 Å². The van der Waals surface area contributed by atoms with Gasteiger partial charge in [-0.25, -0.2) is 4.79 Å². The second kappa shape index (κ2) is 12.0. The number of benzene rings is 3. The molecular weight excluding hydrogens is 552 g/mol. The van der Waals surface area contributed by atoms with E-state index in [1.165, 1.54) is 15.9 Å². The summed E-state index contributed by atoms with van der Waals surface area (Å²) in [6.45, 7) is 5.65. The van der Waals surface area contributed by atoms with Gasteiger partial charge < -0.3 is 4.74 Å². The fraction of sp³-hybridized carbons (Fsp3) is 0.276. The highest BCUT2D eigenvalue weighted by molar-refractivity contribution is 14.1. The van der Waals surface area contributed by atoms with E-state index in [2.05, 4.69) is 120 Å². The van der Waals surface area contributed by atoms with Crippen molar-refractivity contribution in [1.82, 2.24) is 4.90 Å². The molecule has 0 N–H and O–H groups in total. The quantitative estimate of drug-likeness (QED) is 0.124. The molecule has 0 bridgehead atoms. The lowest BCUT2D eigenvalue weighted by Gasteiger charge is -2.27. The van der Waals surface area contributed by atoms with Gasteiger partial charge in [-0.2, -0.15) is 0 Å². The van der Waals surface area contributed by atoms with E-state index in [0.717, 1.165) is 22.7 Å². The number of carbonyl (C=O) groups is 1. The van der Waals surface area contributed by atoms with Crippen molar-refractivity contribution in [2.45, 2.75) is 39.2 Å². The van der Waals surface area contributed by atoms with Crippen molar-refractivity contribution in [2.24, 2.45) is 0 Å². The Bertz CT molecular complexity index is 983. The maximum atomic E-state index is 12.4. The maximum absolute atomic E-state index is 12.4. The second-order valence-corrected chi connectivity index (χ2v) is 14.0. The summed E-state index contributed by atoms with van der Waals surface area (Å²) < 4.78 is 6.39. The summed E-state index contributed by atoms with van der Waals surface area (Å²) in [5.41, 5.74) is -0.507. The highest BCUT2D eigenvalue weighted by atomic mass is 127. The molecule has 0 heterocycles. The number of hydrogen-bond acceptors (Lipinski definition) is 2. The van der Waals surface area contributed by atoms with Crippen LogP contribution in [-0.2, 0) is 4.74 Å². The predicted molar refractivity (Wildman–Crippen MR) is 155 cm³/mol. The molecule has 0 saturated carbocycles. The third-order valence-corrected chi connectivity index (χ3v) is 11.3. The van der Waals surface area contributed by atoms with Gasteiger partial charge in [0.2, 0.25) is 0 Å². The Morgan fingerprint density at radius 1 is 0.853 bits per heavy atom. The van der Waals surface area contributed by atoms with Gasteiger partial charge in [-0.05, 0) is 92.6 Å². The lowest BCUT2D eigenvalue weighted by Crippen LogP contribution is -2.33. The van der Waals surface area contributed by atoms with Crippen LogP contribution < -0.4 is 15.9 Å². The summed E-state index contributed by atoms with van der Waals surface area (Å²) in [5, 5.41) is 4.20. The lowest BCUT2D eigenvalue weighted by atomic mass is 10.2. The minimum Gasteiger partial charge on any atom is -0.443 e. The van der Waals surface area contributed by atoms with Crippen LogP contribution in [0.3, 0.4) is 0 Å². The van der Waals surface area contributed by atoms with Crippen molar-refractivity contribution < 1.29 is 9.53 Å². The second-order valence-electron chi connectivity index (χ2n) is 9.25. The summed E-state index contributed by atoms with van der Waals surface area (Å²) in [5.74, 6) is 0. The van der Waals surface area contributed by atoms with Gasteiger partial charge in [0.25, 0.3) is 0 Å². The van der Waals surface area contributed by atoms with Gasteiger partial charge >= 0.3 is 6.09 Å². The highest BCUT2D eigenvalue weighted by Crippen LogP contribution is 2.55. The fourth-order valence-electron chi connectivity index (χ4n) is 3.99. The molecule has 178 valence electrons. The van der Waals surface area contributed by atoms with Crippen molar-refractivity contribution in [3.8, 4) is 0 Å². The molecule has 0 atom stereocenters. The summed E-state index contributed by atoms with van der Waals surface area (Å²) in [7, 11) is -0.0554. The Morgan fingerprint density at radius 3 is 1.65 bits per heavy atom. The van der Waals surface area contributed by atoms with Crippen LogP contribution in [0.5, 0.6) is 0 Å². The third kappa shape index (κ3) is 6.70. The van der Waals surface area contributed by atoms with E-state index in [1.54, 1.807) is 11.9 Å². The van der Waals surface area contributed by atoms with Crippen LogP contribution in [0.15, 0.2) is 101 Å². The first-order valence-electron chi connectivity index (χ1n) is 11.6. The zero-order chi connectivity index (χ0) is 24.6. The topological polar surface area (TPSA) is 29.5 Å². The zero-order valence-electron chi connectivity index (χ0n) is 20.4. The van der Waals surface area contributed by atoms with Gasteiger partial charge in [0.15, 0.2) is 0 Å². The molecule has 0 radical (unpaired) electrons. The van der Waals surface area contributed by atoms with Crippen molar-refractivity contribution in [2.75, 3.05) is 13.2 Å². The number of carbonyl (C=O) groups excluding carboxylic acids is 1. The summed E-state index contributed by atoms with van der Waals surface area (Å²) in [6, 6.07) is 32.8. The first-order valence-corrected chi connectivity index (χ1v) is 14.7. The first kappa shape index (κ1) is 26.4. The van der Waals surface area contributed by atoms with E-state index in [9.17, 15) is 4.79 Å². The van der Waals surface area contributed by atoms with Gasteiger partial charge in [-0.1, -0.05) is 60.7 Å². The molecule has 0 saturated heterocycles. The predicted octanol–water partition coefficient (Wildman–Crippen LogP) is 6.90. The summed E-state index contributed by atoms with van der Waals surface area (Å²) >= 11 is 2.22. The van der Waals surface area contributed by atoms with E-state index >= 15 is 0 Å². The van der Waals surface area contributed by atoms with Crippen LogP contribution in [0, 0.1) is 0 Å². The highest BCUT2D eigenvalue weighted by Gasteiger charge is 2.44. The lowest BCUT2D eigenvalue weighted by molar-refractivity contribution is 0.0369. The molecule has 1 amide bonds. The van der Waals surface area contributed by atoms with Crippen molar-refractivity contribution in [1.29, 1.82) is 0 Å². The van der Waals surface area contributed by atoms with Crippen molar-refractivity contribution >= 4 is 51.9 Å². The SMILES string of the molecule is CN(C(=O)OC(C)(C)C)C(I)=CCCC[P+](c1ccccc1)(c1ccccc1)c1ccccc1. The average Bonchev–Trinajstić information content (AvgIpc) is 2.84. The molecule has 34 heavy (non-hydrogen) atoms. The summed E-state index contributed by atoms with van der Waals surface area (Å²) in [4.78, 5) is 14.0. The van der Waals surface area contributed by atoms with E-state index < -0.39 is 12.9 Å². The maximum Gasteiger partial charge on any atom is 0.414 e. The van der Waals surface area contributed by atoms with Gasteiger partial charge in [0, 0.05) is 7.05 Å². The number of rotatable bonds is 8. The Labute approximate surface area is 218 Å². The minimum atomic E-state index is -1.82. The van der Waals surface area contributed by atoms with Gasteiger partial charge in [-0.3, -0.25) is 4.90 Å². The molecule has 0 fully saturated rings. The van der Waals surface area contributed by atoms with Crippen LogP contribution in [0.4, 0.5) is 4.79 Å². The molecule has 3 nitrogen and oxygen atoms in total. The van der Waals surface area contributed by atoms with Gasteiger partial charge in [0.05, 0.1) is 9.87 Å². The number of unbranched alkanes of at least 4 members (excludes halogenated alkanes) is 1. The van der Waals surface area contributed by atoms with E-state index in [-0.39, 0.29) is 6.09 Å². The molecular formula is C29H34INO2P+. The molecule has 3 aromatic carbocycles. The molecule has 0 spiro atoms. The normalized spacial score (nSPS) is 12.3. The standard InChI is InChI=1S/C29H34INO2P/c1-29(2,3)33-28(32)31(4)27(30)22-14-15-23-34(24-16-8-5-9-17-24,25-18-10-6-11-19-25)26-20-12-7-13-21-26/h5-13,16-22H,14-15,23H2,1-4H3/q+1. The minimum absolute atomic E-state index is 0.326. The Morgan fingerprint density at radius 2 is 1.26 bits per heavy atom. The Hall–Kier alpha value is -2.17. The zero-order valence-corrected chi connectivity index (χ0v) is 23.5. The first-order chi connectivity index (χ1) is 16.2. The number of halogens is 1. The van der Waals surface area contributed by atoms with Gasteiger partial charge in [-0.15, -0.1) is 0 Å². The number of nitrogens with zero attached hydrogens (tertiary/aromatic N) is 1. The van der Waals surface area contributed by atoms with Crippen molar-refractivity contribution in [3.05, 3.63) is 101 Å². The van der Waals surface area contributed by atoms with Crippen LogP contribution in [0.25, 0.3) is 0 Å². The largest absolute Gasteiger partial charge is 0.443 e. The number of allylic oxidation sites excluding steroid dienone is 1. The molecule has 3 aromatic rings. The average molecular weight is 586 g/mol. The Kier molecular flexibility index (Phi) is 9.32. The van der Waals surface area contributed by atoms with E-state index in [1.807, 2.05) is 20.8 Å². The smallest absolute Gasteiger partial charge is 0.414 e.